The second kappa shape index (κ2) is 5.97. The number of nitrogens with zero attached hydrogens (tertiary/aromatic N) is 4. The van der Waals surface area contributed by atoms with E-state index in [1.165, 1.54) is 6.42 Å². The number of anilines is 1. The second-order valence-electron chi connectivity index (χ2n) is 5.75. The fourth-order valence-electron chi connectivity index (χ4n) is 3.13. The fraction of sp³-hybridized carbons (Fsp3) is 0.667. The first-order valence-corrected chi connectivity index (χ1v) is 7.84. The molecule has 21 heavy (non-hydrogen) atoms. The maximum atomic E-state index is 10.4. The minimum Gasteiger partial charge on any atom is -0.391 e. The molecule has 0 aromatic carbocycles. The smallest absolute Gasteiger partial charge is 0.163 e. The van der Waals surface area contributed by atoms with E-state index in [4.69, 9.17) is 0 Å². The summed E-state index contributed by atoms with van der Waals surface area (Å²) in [6.07, 6.45) is 6.68. The number of rotatable bonds is 3. The second-order valence-corrected chi connectivity index (χ2v) is 5.75. The highest BCUT2D eigenvalue weighted by Gasteiger charge is 2.26. The van der Waals surface area contributed by atoms with Gasteiger partial charge in [-0.3, -0.25) is 0 Å². The molecule has 0 amide bonds. The number of aliphatic hydroxyl groups excluding tert-OH is 1. The highest BCUT2D eigenvalue weighted by Crippen LogP contribution is 2.30. The molecule has 0 spiro atoms. The van der Waals surface area contributed by atoms with Gasteiger partial charge in [0.05, 0.1) is 23.7 Å². The molecule has 1 fully saturated rings. The molecule has 0 bridgehead atoms. The van der Waals surface area contributed by atoms with Crippen LogP contribution in [0.15, 0.2) is 6.20 Å². The first-order chi connectivity index (χ1) is 10.2. The molecule has 0 radical (unpaired) electrons. The third-order valence-electron chi connectivity index (χ3n) is 4.17. The Balaban J connectivity index is 2.06. The average Bonchev–Trinajstić information content (AvgIpc) is 2.75. The summed E-state index contributed by atoms with van der Waals surface area (Å²) in [5, 5.41) is 19.1. The molecular weight excluding hydrogens is 266 g/mol. The van der Waals surface area contributed by atoms with Crippen LogP contribution in [0.4, 0.5) is 5.82 Å². The van der Waals surface area contributed by atoms with Gasteiger partial charge in [-0.2, -0.15) is 5.10 Å². The highest BCUT2D eigenvalue weighted by molar-refractivity contribution is 5.86. The SMILES string of the molecule is CCNc1nc(C)nc2c1cnn2C1CCCCCC1O. The van der Waals surface area contributed by atoms with Gasteiger partial charge >= 0.3 is 0 Å². The summed E-state index contributed by atoms with van der Waals surface area (Å²) < 4.78 is 1.90. The van der Waals surface area contributed by atoms with Gasteiger partial charge in [-0.05, 0) is 26.7 Å². The maximum absolute atomic E-state index is 10.4. The van der Waals surface area contributed by atoms with E-state index < -0.39 is 0 Å². The van der Waals surface area contributed by atoms with Gasteiger partial charge in [0, 0.05) is 6.54 Å². The van der Waals surface area contributed by atoms with Gasteiger partial charge < -0.3 is 10.4 Å². The van der Waals surface area contributed by atoms with Crippen LogP contribution in [0.1, 0.15) is 50.9 Å². The van der Waals surface area contributed by atoms with E-state index in [1.807, 2.05) is 24.7 Å². The molecule has 1 aliphatic carbocycles. The van der Waals surface area contributed by atoms with Gasteiger partial charge in [0.15, 0.2) is 5.65 Å². The number of fused-ring (bicyclic) bond motifs is 1. The minimum absolute atomic E-state index is 0.0220. The lowest BCUT2D eigenvalue weighted by atomic mass is 10.1. The lowest BCUT2D eigenvalue weighted by Gasteiger charge is -2.21. The number of nitrogens with one attached hydrogen (secondary N) is 1. The first-order valence-electron chi connectivity index (χ1n) is 7.84. The van der Waals surface area contributed by atoms with Crippen molar-refractivity contribution in [3.05, 3.63) is 12.0 Å². The van der Waals surface area contributed by atoms with Crippen molar-refractivity contribution in [2.75, 3.05) is 11.9 Å². The molecule has 0 aliphatic heterocycles. The first kappa shape index (κ1) is 14.3. The average molecular weight is 289 g/mol. The van der Waals surface area contributed by atoms with Gasteiger partial charge in [0.2, 0.25) is 0 Å². The summed E-state index contributed by atoms with van der Waals surface area (Å²) >= 11 is 0. The summed E-state index contributed by atoms with van der Waals surface area (Å²) in [6.45, 7) is 4.74. The molecule has 1 aliphatic rings. The lowest BCUT2D eigenvalue weighted by molar-refractivity contribution is 0.101. The number of aliphatic hydroxyl groups is 1. The lowest BCUT2D eigenvalue weighted by Crippen LogP contribution is -2.24. The molecular formula is C15H23N5O. The van der Waals surface area contributed by atoms with E-state index in [0.29, 0.717) is 0 Å². The van der Waals surface area contributed by atoms with E-state index in [1.54, 1.807) is 0 Å². The van der Waals surface area contributed by atoms with Crippen LogP contribution in [0, 0.1) is 6.92 Å². The van der Waals surface area contributed by atoms with Gasteiger partial charge in [-0.25, -0.2) is 14.6 Å². The van der Waals surface area contributed by atoms with E-state index in [0.717, 1.165) is 54.9 Å². The summed E-state index contributed by atoms with van der Waals surface area (Å²) in [5.41, 5.74) is 0.824. The Morgan fingerprint density at radius 2 is 2.10 bits per heavy atom. The van der Waals surface area contributed by atoms with Crippen molar-refractivity contribution < 1.29 is 5.11 Å². The third kappa shape index (κ3) is 2.72. The van der Waals surface area contributed by atoms with Crippen molar-refractivity contribution in [3.63, 3.8) is 0 Å². The minimum atomic E-state index is -0.339. The molecule has 114 valence electrons. The Morgan fingerprint density at radius 1 is 1.29 bits per heavy atom. The number of hydrogen-bond donors (Lipinski definition) is 2. The predicted octanol–water partition coefficient (Wildman–Crippen LogP) is 2.43. The largest absolute Gasteiger partial charge is 0.391 e. The van der Waals surface area contributed by atoms with Crippen LogP contribution >= 0.6 is 0 Å². The molecule has 2 atom stereocenters. The van der Waals surface area contributed by atoms with Crippen LogP contribution in [0.2, 0.25) is 0 Å². The molecule has 6 nitrogen and oxygen atoms in total. The van der Waals surface area contributed by atoms with Gasteiger partial charge in [0.1, 0.15) is 11.6 Å². The van der Waals surface area contributed by atoms with Crippen molar-refractivity contribution in [1.29, 1.82) is 0 Å². The van der Waals surface area contributed by atoms with Crippen molar-refractivity contribution in [3.8, 4) is 0 Å². The number of hydrogen-bond acceptors (Lipinski definition) is 5. The molecule has 2 aromatic rings. The molecule has 6 heteroatoms. The Kier molecular flexibility index (Phi) is 4.05. The molecule has 3 rings (SSSR count). The van der Waals surface area contributed by atoms with Crippen LogP contribution in [0.3, 0.4) is 0 Å². The topological polar surface area (TPSA) is 75.9 Å². The van der Waals surface area contributed by atoms with Gasteiger partial charge in [0.25, 0.3) is 0 Å². The number of aryl methyl sites for hydroxylation is 1. The summed E-state index contributed by atoms with van der Waals surface area (Å²) in [7, 11) is 0. The quantitative estimate of drug-likeness (QED) is 0.849. The highest BCUT2D eigenvalue weighted by atomic mass is 16.3. The van der Waals surface area contributed by atoms with E-state index in [-0.39, 0.29) is 12.1 Å². The van der Waals surface area contributed by atoms with Crippen LogP contribution in [-0.2, 0) is 0 Å². The van der Waals surface area contributed by atoms with Crippen molar-refractivity contribution in [1.82, 2.24) is 19.7 Å². The summed E-state index contributed by atoms with van der Waals surface area (Å²) in [6, 6.07) is 0.0220. The van der Waals surface area contributed by atoms with Crippen LogP contribution in [-0.4, -0.2) is 37.5 Å². The van der Waals surface area contributed by atoms with Crippen LogP contribution < -0.4 is 5.32 Å². The van der Waals surface area contributed by atoms with Crippen molar-refractivity contribution in [2.45, 2.75) is 58.1 Å². The Morgan fingerprint density at radius 3 is 2.90 bits per heavy atom. The van der Waals surface area contributed by atoms with Crippen molar-refractivity contribution >= 4 is 16.9 Å². The molecule has 2 unspecified atom stereocenters. The molecule has 0 saturated heterocycles. The van der Waals surface area contributed by atoms with E-state index >= 15 is 0 Å². The monoisotopic (exact) mass is 289 g/mol. The Hall–Kier alpha value is -1.69. The maximum Gasteiger partial charge on any atom is 0.163 e. The molecule has 2 aromatic heterocycles. The van der Waals surface area contributed by atoms with Crippen LogP contribution in [0.5, 0.6) is 0 Å². The normalized spacial score (nSPS) is 23.2. The number of aromatic nitrogens is 4. The Bertz CT molecular complexity index is 624. The fourth-order valence-corrected chi connectivity index (χ4v) is 3.13. The summed E-state index contributed by atoms with van der Waals surface area (Å²) in [4.78, 5) is 9.01. The van der Waals surface area contributed by atoms with Gasteiger partial charge in [-0.1, -0.05) is 19.3 Å². The molecule has 2 heterocycles. The zero-order valence-electron chi connectivity index (χ0n) is 12.7. The standard InChI is InChI=1S/C15H23N5O/c1-3-16-14-11-9-17-20(15(11)19-10(2)18-14)12-7-5-4-6-8-13(12)21/h9,12-13,21H,3-8H2,1-2H3,(H,16,18,19). The Labute approximate surface area is 124 Å². The van der Waals surface area contributed by atoms with Crippen LogP contribution in [0.25, 0.3) is 11.0 Å². The van der Waals surface area contributed by atoms with Gasteiger partial charge in [-0.15, -0.1) is 0 Å². The predicted molar refractivity (Wildman–Crippen MR) is 82.4 cm³/mol. The molecule has 1 saturated carbocycles. The zero-order valence-corrected chi connectivity index (χ0v) is 12.7. The van der Waals surface area contributed by atoms with E-state index in [2.05, 4.69) is 20.4 Å². The van der Waals surface area contributed by atoms with Crippen molar-refractivity contribution in [2.24, 2.45) is 0 Å². The summed E-state index contributed by atoms with van der Waals surface area (Å²) in [5.74, 6) is 1.55. The van der Waals surface area contributed by atoms with E-state index in [9.17, 15) is 5.11 Å². The zero-order chi connectivity index (χ0) is 14.8. The third-order valence-corrected chi connectivity index (χ3v) is 4.17. The molecule has 2 N–H and O–H groups in total.